The Bertz CT molecular complexity index is 637. The average molecular weight is 338 g/mol. The second-order valence-corrected chi connectivity index (χ2v) is 8.30. The van der Waals surface area contributed by atoms with Crippen LogP contribution in [0.15, 0.2) is 24.3 Å². The minimum atomic E-state index is -3.35. The van der Waals surface area contributed by atoms with Gasteiger partial charge in [-0.25, -0.2) is 8.42 Å². The molecule has 5 nitrogen and oxygen atoms in total. The van der Waals surface area contributed by atoms with Gasteiger partial charge >= 0.3 is 0 Å². The number of hydrogen-bond acceptors (Lipinski definition) is 3. The highest BCUT2D eigenvalue weighted by molar-refractivity contribution is 7.88. The molecule has 1 aliphatic carbocycles. The molecular formula is C17H26N2O3S. The smallest absolute Gasteiger partial charge is 0.221 e. The van der Waals surface area contributed by atoms with Crippen molar-refractivity contribution in [3.8, 4) is 0 Å². The fourth-order valence-electron chi connectivity index (χ4n) is 2.94. The molecule has 1 aliphatic rings. The summed E-state index contributed by atoms with van der Waals surface area (Å²) in [5.41, 5.74) is 2.02. The first-order valence-corrected chi connectivity index (χ1v) is 10.00. The van der Waals surface area contributed by atoms with Crippen LogP contribution in [0.1, 0.15) is 43.2 Å². The fraction of sp³-hybridized carbons (Fsp3) is 0.588. The third-order valence-corrected chi connectivity index (χ3v) is 5.64. The number of benzene rings is 1. The summed E-state index contributed by atoms with van der Waals surface area (Å²) in [6.07, 6.45) is 5.78. The number of aryl methyl sites for hydroxylation is 1. The third-order valence-electron chi connectivity index (χ3n) is 4.39. The molecule has 6 heteroatoms. The lowest BCUT2D eigenvalue weighted by Crippen LogP contribution is -2.37. The highest BCUT2D eigenvalue weighted by Gasteiger charge is 2.21. The maximum atomic E-state index is 12.0. The van der Waals surface area contributed by atoms with E-state index in [4.69, 9.17) is 0 Å². The Labute approximate surface area is 139 Å². The summed E-state index contributed by atoms with van der Waals surface area (Å²) in [7, 11) is -3.35. The number of carbonyl (C=O) groups excluding carboxylic acids is 1. The van der Waals surface area contributed by atoms with Gasteiger partial charge in [0.1, 0.15) is 0 Å². The zero-order valence-corrected chi connectivity index (χ0v) is 14.7. The fourth-order valence-corrected chi connectivity index (χ4v) is 3.73. The Balaban J connectivity index is 1.94. The molecule has 0 spiro atoms. The molecule has 128 valence electrons. The zero-order valence-electron chi connectivity index (χ0n) is 13.9. The summed E-state index contributed by atoms with van der Waals surface area (Å²) in [6, 6.07) is 7.98. The molecule has 1 amide bonds. The molecule has 0 saturated heterocycles. The van der Waals surface area contributed by atoms with Crippen LogP contribution in [0.5, 0.6) is 0 Å². The van der Waals surface area contributed by atoms with Crippen LogP contribution in [-0.2, 0) is 21.4 Å². The van der Waals surface area contributed by atoms with Crippen LogP contribution < -0.4 is 5.32 Å². The Morgan fingerprint density at radius 1 is 1.26 bits per heavy atom. The van der Waals surface area contributed by atoms with E-state index in [1.54, 1.807) is 0 Å². The van der Waals surface area contributed by atoms with Crippen LogP contribution in [0.25, 0.3) is 0 Å². The lowest BCUT2D eigenvalue weighted by molar-refractivity contribution is -0.121. The average Bonchev–Trinajstić information content (AvgIpc) is 2.96. The van der Waals surface area contributed by atoms with Crippen LogP contribution in [-0.4, -0.2) is 37.5 Å². The van der Waals surface area contributed by atoms with Crippen LogP contribution in [0.4, 0.5) is 0 Å². The summed E-state index contributed by atoms with van der Waals surface area (Å²) < 4.78 is 25.4. The topological polar surface area (TPSA) is 66.5 Å². The molecule has 1 fully saturated rings. The molecule has 1 N–H and O–H groups in total. The minimum absolute atomic E-state index is 0.0599. The molecule has 0 aliphatic heterocycles. The molecule has 0 atom stereocenters. The van der Waals surface area contributed by atoms with Crippen molar-refractivity contribution in [2.24, 2.45) is 0 Å². The molecule has 0 bridgehead atoms. The summed E-state index contributed by atoms with van der Waals surface area (Å²) in [4.78, 5) is 12.0. The second-order valence-electron chi connectivity index (χ2n) is 6.32. The monoisotopic (exact) mass is 338 g/mol. The largest absolute Gasteiger partial charge is 0.353 e. The van der Waals surface area contributed by atoms with Gasteiger partial charge in [0.25, 0.3) is 0 Å². The van der Waals surface area contributed by atoms with Crippen molar-refractivity contribution in [2.75, 3.05) is 12.8 Å². The van der Waals surface area contributed by atoms with Gasteiger partial charge in [-0.1, -0.05) is 37.1 Å². The number of hydrogen-bond donors (Lipinski definition) is 1. The van der Waals surface area contributed by atoms with E-state index >= 15 is 0 Å². The van der Waals surface area contributed by atoms with Gasteiger partial charge in [0.05, 0.1) is 6.26 Å². The van der Waals surface area contributed by atoms with E-state index < -0.39 is 10.0 Å². The summed E-state index contributed by atoms with van der Waals surface area (Å²) in [6.45, 7) is 2.48. The van der Waals surface area contributed by atoms with E-state index in [0.29, 0.717) is 6.54 Å². The summed E-state index contributed by atoms with van der Waals surface area (Å²) in [5.74, 6) is -0.0599. The molecule has 0 heterocycles. The lowest BCUT2D eigenvalue weighted by Gasteiger charge is -2.21. The van der Waals surface area contributed by atoms with Gasteiger partial charge in [0.2, 0.25) is 15.9 Å². The van der Waals surface area contributed by atoms with E-state index in [2.05, 4.69) is 5.32 Å². The summed E-state index contributed by atoms with van der Waals surface area (Å²) in [5, 5.41) is 3.00. The molecule has 1 saturated carbocycles. The lowest BCUT2D eigenvalue weighted by atomic mass is 10.1. The van der Waals surface area contributed by atoms with Crippen molar-refractivity contribution >= 4 is 15.9 Å². The molecule has 1 aromatic rings. The highest BCUT2D eigenvalue weighted by Crippen LogP contribution is 2.18. The number of nitrogens with one attached hydrogen (secondary N) is 1. The molecule has 0 radical (unpaired) electrons. The second kappa shape index (κ2) is 7.93. The van der Waals surface area contributed by atoms with E-state index in [0.717, 1.165) is 36.8 Å². The predicted octanol–water partition coefficient (Wildman–Crippen LogP) is 2.21. The maximum Gasteiger partial charge on any atom is 0.221 e. The maximum absolute atomic E-state index is 12.0. The van der Waals surface area contributed by atoms with Crippen LogP contribution >= 0.6 is 0 Å². The number of rotatable bonds is 7. The third kappa shape index (κ3) is 5.62. The first-order valence-electron chi connectivity index (χ1n) is 8.15. The van der Waals surface area contributed by atoms with Crippen LogP contribution in [0.3, 0.4) is 0 Å². The molecule has 2 rings (SSSR count). The Kier molecular flexibility index (Phi) is 6.18. The van der Waals surface area contributed by atoms with E-state index in [-0.39, 0.29) is 24.9 Å². The molecule has 23 heavy (non-hydrogen) atoms. The van der Waals surface area contributed by atoms with Gasteiger partial charge < -0.3 is 5.32 Å². The number of sulfonamides is 1. The van der Waals surface area contributed by atoms with Gasteiger partial charge in [-0.2, -0.15) is 4.31 Å². The van der Waals surface area contributed by atoms with E-state index in [9.17, 15) is 13.2 Å². The van der Waals surface area contributed by atoms with Crippen molar-refractivity contribution in [3.05, 3.63) is 35.4 Å². The van der Waals surface area contributed by atoms with Gasteiger partial charge in [-0.3, -0.25) is 4.79 Å². The van der Waals surface area contributed by atoms with Crippen molar-refractivity contribution in [3.63, 3.8) is 0 Å². The standard InChI is InChI=1S/C17H26N2O3S/c1-14-7-3-4-8-15(14)13-19(23(2,21)22)12-11-17(20)18-16-9-5-6-10-16/h3-4,7-8,16H,5-6,9-13H2,1-2H3,(H,18,20). The SMILES string of the molecule is Cc1ccccc1CN(CCC(=O)NC1CCCC1)S(C)(=O)=O. The quantitative estimate of drug-likeness (QED) is 0.829. The van der Waals surface area contributed by atoms with Gasteiger partial charge in [0, 0.05) is 25.6 Å². The molecular weight excluding hydrogens is 312 g/mol. The highest BCUT2D eigenvalue weighted by atomic mass is 32.2. The number of carbonyl (C=O) groups is 1. The van der Waals surface area contributed by atoms with Crippen molar-refractivity contribution in [1.82, 2.24) is 9.62 Å². The normalized spacial score (nSPS) is 16.0. The molecule has 1 aromatic carbocycles. The van der Waals surface area contributed by atoms with Crippen LogP contribution in [0, 0.1) is 6.92 Å². The van der Waals surface area contributed by atoms with Crippen molar-refractivity contribution in [2.45, 2.75) is 51.6 Å². The Hall–Kier alpha value is -1.40. The van der Waals surface area contributed by atoms with Gasteiger partial charge in [-0.15, -0.1) is 0 Å². The Morgan fingerprint density at radius 2 is 1.91 bits per heavy atom. The number of amides is 1. The predicted molar refractivity (Wildman–Crippen MR) is 91.4 cm³/mol. The molecule has 0 unspecified atom stereocenters. The van der Waals surface area contributed by atoms with Crippen LogP contribution in [0.2, 0.25) is 0 Å². The molecule has 0 aromatic heterocycles. The number of nitrogens with zero attached hydrogens (tertiary/aromatic N) is 1. The van der Waals surface area contributed by atoms with Gasteiger partial charge in [-0.05, 0) is 30.9 Å². The zero-order chi connectivity index (χ0) is 16.9. The summed E-state index contributed by atoms with van der Waals surface area (Å²) >= 11 is 0. The minimum Gasteiger partial charge on any atom is -0.353 e. The van der Waals surface area contributed by atoms with E-state index in [1.807, 2.05) is 31.2 Å². The Morgan fingerprint density at radius 3 is 2.52 bits per heavy atom. The van der Waals surface area contributed by atoms with E-state index in [1.165, 1.54) is 10.6 Å². The van der Waals surface area contributed by atoms with Gasteiger partial charge in [0.15, 0.2) is 0 Å². The first-order chi connectivity index (χ1) is 10.9. The van der Waals surface area contributed by atoms with Crippen molar-refractivity contribution in [1.29, 1.82) is 0 Å². The van der Waals surface area contributed by atoms with Crippen molar-refractivity contribution < 1.29 is 13.2 Å². The first kappa shape index (κ1) is 17.9.